The summed E-state index contributed by atoms with van der Waals surface area (Å²) in [5, 5.41) is 2.90. The van der Waals surface area contributed by atoms with Crippen LogP contribution in [-0.2, 0) is 6.42 Å². The maximum Gasteiger partial charge on any atom is 0.168 e. The van der Waals surface area contributed by atoms with Crippen molar-refractivity contribution in [2.24, 2.45) is 0 Å². The van der Waals surface area contributed by atoms with Gasteiger partial charge in [-0.3, -0.25) is 0 Å². The molecule has 0 bridgehead atoms. The molecule has 1 aliphatic carbocycles. The summed E-state index contributed by atoms with van der Waals surface area (Å²) in [6.45, 7) is 1.82. The minimum atomic E-state index is -1.54. The van der Waals surface area contributed by atoms with Crippen LogP contribution in [0.4, 0.5) is 8.78 Å². The summed E-state index contributed by atoms with van der Waals surface area (Å²) in [4.78, 5) is 0. The van der Waals surface area contributed by atoms with Crippen molar-refractivity contribution < 1.29 is 13.5 Å². The third kappa shape index (κ3) is 2.48. The Kier molecular flexibility index (Phi) is 3.87. The molecule has 1 aliphatic rings. The molecule has 0 saturated carbocycles. The number of benzene rings is 2. The summed E-state index contributed by atoms with van der Waals surface area (Å²) in [5.41, 5.74) is 0.638. The second-order valence-corrected chi connectivity index (χ2v) is 5.80. The van der Waals surface area contributed by atoms with Gasteiger partial charge in [0.15, 0.2) is 11.8 Å². The van der Waals surface area contributed by atoms with Crippen LogP contribution in [0.5, 0.6) is 5.75 Å². The van der Waals surface area contributed by atoms with Gasteiger partial charge in [-0.1, -0.05) is 30.3 Å². The van der Waals surface area contributed by atoms with Crippen LogP contribution in [0.2, 0.25) is 0 Å². The van der Waals surface area contributed by atoms with Gasteiger partial charge in [0.05, 0.1) is 0 Å². The van der Waals surface area contributed by atoms with Gasteiger partial charge in [0.2, 0.25) is 0 Å². The number of halogens is 2. The molecule has 0 fully saturated rings. The van der Waals surface area contributed by atoms with E-state index in [1.165, 1.54) is 6.07 Å². The van der Waals surface area contributed by atoms with Crippen LogP contribution in [0.25, 0.3) is 0 Å². The maximum atomic E-state index is 15.4. The van der Waals surface area contributed by atoms with Crippen LogP contribution in [0.3, 0.4) is 0 Å². The third-order valence-electron chi connectivity index (χ3n) is 4.23. The SMILES string of the molecule is CNCC1(F)Cc2ccccc2C1Oc1cccc(F)c1C. The zero-order valence-electron chi connectivity index (χ0n) is 12.7. The first-order chi connectivity index (χ1) is 10.5. The van der Waals surface area contributed by atoms with E-state index in [0.29, 0.717) is 17.7 Å². The molecule has 2 atom stereocenters. The fourth-order valence-electron chi connectivity index (χ4n) is 3.10. The molecule has 0 saturated heterocycles. The van der Waals surface area contributed by atoms with Crippen molar-refractivity contribution in [3.05, 3.63) is 65.0 Å². The highest BCUT2D eigenvalue weighted by Crippen LogP contribution is 2.45. The second-order valence-electron chi connectivity index (χ2n) is 5.80. The lowest BCUT2D eigenvalue weighted by Crippen LogP contribution is -2.41. The normalized spacial score (nSPS) is 23.4. The van der Waals surface area contributed by atoms with E-state index in [2.05, 4.69) is 5.32 Å². The highest BCUT2D eigenvalue weighted by Gasteiger charge is 2.48. The molecule has 2 unspecified atom stereocenters. The van der Waals surface area contributed by atoms with E-state index < -0.39 is 11.8 Å². The zero-order valence-corrected chi connectivity index (χ0v) is 12.7. The Balaban J connectivity index is 2.00. The van der Waals surface area contributed by atoms with Gasteiger partial charge in [0, 0.05) is 18.5 Å². The molecule has 2 aromatic rings. The van der Waals surface area contributed by atoms with Crippen molar-refractivity contribution in [3.63, 3.8) is 0 Å². The number of ether oxygens (including phenoxy) is 1. The minimum absolute atomic E-state index is 0.181. The first-order valence-corrected chi connectivity index (χ1v) is 7.38. The molecule has 0 aromatic heterocycles. The van der Waals surface area contributed by atoms with Gasteiger partial charge in [-0.25, -0.2) is 8.78 Å². The monoisotopic (exact) mass is 303 g/mol. The van der Waals surface area contributed by atoms with Crippen molar-refractivity contribution in [3.8, 4) is 5.75 Å². The van der Waals surface area contributed by atoms with Crippen molar-refractivity contribution >= 4 is 0 Å². The van der Waals surface area contributed by atoms with Crippen LogP contribution < -0.4 is 10.1 Å². The van der Waals surface area contributed by atoms with Crippen LogP contribution in [0.1, 0.15) is 22.8 Å². The summed E-state index contributed by atoms with van der Waals surface area (Å²) in [6, 6.07) is 12.2. The smallest absolute Gasteiger partial charge is 0.168 e. The van der Waals surface area contributed by atoms with Crippen LogP contribution in [-0.4, -0.2) is 19.3 Å². The van der Waals surface area contributed by atoms with Crippen molar-refractivity contribution in [2.75, 3.05) is 13.6 Å². The largest absolute Gasteiger partial charge is 0.482 e. The maximum absolute atomic E-state index is 15.4. The molecule has 116 valence electrons. The van der Waals surface area contributed by atoms with Gasteiger partial charge >= 0.3 is 0 Å². The third-order valence-corrected chi connectivity index (χ3v) is 4.23. The molecule has 22 heavy (non-hydrogen) atoms. The van der Waals surface area contributed by atoms with Crippen LogP contribution >= 0.6 is 0 Å². The number of hydrogen-bond donors (Lipinski definition) is 1. The first kappa shape index (κ1) is 15.0. The summed E-state index contributed by atoms with van der Waals surface area (Å²) in [6.07, 6.45) is -0.445. The Hall–Kier alpha value is -1.94. The second kappa shape index (κ2) is 5.69. The first-order valence-electron chi connectivity index (χ1n) is 7.38. The molecular weight excluding hydrogens is 284 g/mol. The molecular formula is C18H19F2NO. The average molecular weight is 303 g/mol. The van der Waals surface area contributed by atoms with Crippen LogP contribution in [0.15, 0.2) is 42.5 Å². The fourth-order valence-corrected chi connectivity index (χ4v) is 3.10. The van der Waals surface area contributed by atoms with Crippen LogP contribution in [0, 0.1) is 12.7 Å². The molecule has 4 heteroatoms. The molecule has 3 rings (SSSR count). The molecule has 0 heterocycles. The number of alkyl halides is 1. The Morgan fingerprint density at radius 1 is 1.23 bits per heavy atom. The van der Waals surface area contributed by atoms with Crippen molar-refractivity contribution in [1.82, 2.24) is 5.32 Å². The molecule has 0 aliphatic heterocycles. The standard InChI is InChI=1S/C18H19F2NO/c1-12-15(19)8-5-9-16(12)22-17-14-7-4-3-6-13(14)10-18(17,20)11-21-2/h3-9,17,21H,10-11H2,1-2H3. The van der Waals surface area contributed by atoms with Crippen molar-refractivity contribution in [2.45, 2.75) is 25.1 Å². The highest BCUT2D eigenvalue weighted by molar-refractivity contribution is 5.41. The topological polar surface area (TPSA) is 21.3 Å². The van der Waals surface area contributed by atoms with E-state index in [0.717, 1.165) is 11.1 Å². The number of rotatable bonds is 4. The Morgan fingerprint density at radius 2 is 2.00 bits per heavy atom. The predicted octanol–water partition coefficient (Wildman–Crippen LogP) is 3.74. The van der Waals surface area contributed by atoms with Gasteiger partial charge in [0.1, 0.15) is 11.6 Å². The molecule has 1 N–H and O–H groups in total. The van der Waals surface area contributed by atoms with Gasteiger partial charge in [-0.05, 0) is 37.2 Å². The van der Waals surface area contributed by atoms with E-state index in [-0.39, 0.29) is 12.4 Å². The fraction of sp³-hybridized carbons (Fsp3) is 0.333. The van der Waals surface area contributed by atoms with E-state index in [9.17, 15) is 4.39 Å². The zero-order chi connectivity index (χ0) is 15.7. The van der Waals surface area contributed by atoms with Gasteiger partial charge < -0.3 is 10.1 Å². The molecule has 0 radical (unpaired) electrons. The van der Waals surface area contributed by atoms with Crippen molar-refractivity contribution in [1.29, 1.82) is 0 Å². The van der Waals surface area contributed by atoms with Gasteiger partial charge in [-0.2, -0.15) is 0 Å². The number of fused-ring (bicyclic) bond motifs is 1. The molecule has 0 amide bonds. The van der Waals surface area contributed by atoms with E-state index in [1.807, 2.05) is 24.3 Å². The number of nitrogens with one attached hydrogen (secondary N) is 1. The minimum Gasteiger partial charge on any atom is -0.482 e. The summed E-state index contributed by atoms with van der Waals surface area (Å²) in [5.74, 6) is 0.0432. The van der Waals surface area contributed by atoms with E-state index in [4.69, 9.17) is 4.74 Å². The Morgan fingerprint density at radius 3 is 2.77 bits per heavy atom. The van der Waals surface area contributed by atoms with E-state index in [1.54, 1.807) is 26.1 Å². The lowest BCUT2D eigenvalue weighted by molar-refractivity contribution is 0.0226. The molecule has 2 aromatic carbocycles. The molecule has 2 nitrogen and oxygen atoms in total. The number of hydrogen-bond acceptors (Lipinski definition) is 2. The van der Waals surface area contributed by atoms with E-state index >= 15 is 4.39 Å². The summed E-state index contributed by atoms with van der Waals surface area (Å²) < 4.78 is 35.0. The lowest BCUT2D eigenvalue weighted by Gasteiger charge is -2.29. The summed E-state index contributed by atoms with van der Waals surface area (Å²) >= 11 is 0. The predicted molar refractivity (Wildman–Crippen MR) is 82.4 cm³/mol. The Labute approximate surface area is 129 Å². The summed E-state index contributed by atoms with van der Waals surface area (Å²) in [7, 11) is 1.72. The average Bonchev–Trinajstić information content (AvgIpc) is 2.76. The Bertz CT molecular complexity index is 689. The van der Waals surface area contributed by atoms with Gasteiger partial charge in [0.25, 0.3) is 0 Å². The molecule has 0 spiro atoms. The highest BCUT2D eigenvalue weighted by atomic mass is 19.1. The quantitative estimate of drug-likeness (QED) is 0.929. The van der Waals surface area contributed by atoms with Gasteiger partial charge in [-0.15, -0.1) is 0 Å². The lowest BCUT2D eigenvalue weighted by atomic mass is 9.99.